The largest absolute Gasteiger partial charge is 0.444 e. The zero-order valence-electron chi connectivity index (χ0n) is 9.70. The van der Waals surface area contributed by atoms with E-state index in [0.29, 0.717) is 11.8 Å². The maximum atomic E-state index is 11.4. The molecular formula is C10H21NO2S. The highest BCUT2D eigenvalue weighted by atomic mass is 32.1. The van der Waals surface area contributed by atoms with Gasteiger partial charge in [-0.25, -0.2) is 4.79 Å². The number of hydrogen-bond acceptors (Lipinski definition) is 3. The maximum absolute atomic E-state index is 11.4. The van der Waals surface area contributed by atoms with Gasteiger partial charge in [0.1, 0.15) is 5.60 Å². The molecule has 0 bridgehead atoms. The number of carbonyl (C=O) groups excluding carboxylic acids is 1. The van der Waals surface area contributed by atoms with Crippen LogP contribution in [0.1, 0.15) is 34.1 Å². The third kappa shape index (κ3) is 7.06. The first-order chi connectivity index (χ1) is 6.22. The predicted molar refractivity (Wildman–Crippen MR) is 61.9 cm³/mol. The van der Waals surface area contributed by atoms with Crippen molar-refractivity contribution in [3.63, 3.8) is 0 Å². The summed E-state index contributed by atoms with van der Waals surface area (Å²) in [5, 5.41) is 0.305. The molecule has 0 heterocycles. The van der Waals surface area contributed by atoms with E-state index in [4.69, 9.17) is 4.74 Å². The number of thiol groups is 1. The minimum atomic E-state index is -0.419. The van der Waals surface area contributed by atoms with Crippen LogP contribution in [0.2, 0.25) is 0 Å². The summed E-state index contributed by atoms with van der Waals surface area (Å²) in [5.74, 6) is 0. The molecule has 0 aromatic heterocycles. The minimum absolute atomic E-state index is 0.272. The van der Waals surface area contributed by atoms with Crippen LogP contribution in [0.4, 0.5) is 4.79 Å². The third-order valence-corrected chi connectivity index (χ3v) is 1.85. The van der Waals surface area contributed by atoms with Gasteiger partial charge in [-0.1, -0.05) is 6.92 Å². The summed E-state index contributed by atoms with van der Waals surface area (Å²) in [6.45, 7) is 8.27. The Morgan fingerprint density at radius 2 is 2.00 bits per heavy atom. The number of ether oxygens (including phenoxy) is 1. The van der Waals surface area contributed by atoms with Gasteiger partial charge in [0.25, 0.3) is 0 Å². The fraction of sp³-hybridized carbons (Fsp3) is 0.900. The summed E-state index contributed by atoms with van der Waals surface area (Å²) in [7, 11) is 1.74. The van der Waals surface area contributed by atoms with Crippen LogP contribution in [-0.4, -0.2) is 35.4 Å². The average molecular weight is 219 g/mol. The molecule has 0 spiro atoms. The van der Waals surface area contributed by atoms with Crippen LogP contribution in [-0.2, 0) is 4.74 Å². The Morgan fingerprint density at radius 3 is 2.36 bits per heavy atom. The number of hydrogen-bond donors (Lipinski definition) is 1. The fourth-order valence-electron chi connectivity index (χ4n) is 0.812. The lowest BCUT2D eigenvalue weighted by Crippen LogP contribution is -2.35. The van der Waals surface area contributed by atoms with Gasteiger partial charge in [-0.2, -0.15) is 12.6 Å². The molecule has 0 saturated carbocycles. The molecule has 0 rings (SSSR count). The highest BCUT2D eigenvalue weighted by Crippen LogP contribution is 2.10. The van der Waals surface area contributed by atoms with Crippen molar-refractivity contribution < 1.29 is 9.53 Å². The van der Waals surface area contributed by atoms with Crippen molar-refractivity contribution in [2.45, 2.75) is 45.0 Å². The van der Waals surface area contributed by atoms with Gasteiger partial charge in [-0.3, -0.25) is 0 Å². The molecule has 1 amide bonds. The van der Waals surface area contributed by atoms with E-state index >= 15 is 0 Å². The van der Waals surface area contributed by atoms with Crippen molar-refractivity contribution >= 4 is 18.7 Å². The van der Waals surface area contributed by atoms with E-state index in [0.717, 1.165) is 6.42 Å². The summed E-state index contributed by atoms with van der Waals surface area (Å²) in [5.41, 5.74) is -0.419. The normalized spacial score (nSPS) is 13.6. The van der Waals surface area contributed by atoms with Crippen molar-refractivity contribution in [3.05, 3.63) is 0 Å². The molecule has 0 aromatic carbocycles. The van der Waals surface area contributed by atoms with Gasteiger partial charge < -0.3 is 9.64 Å². The Hall–Kier alpha value is -0.380. The highest BCUT2D eigenvalue weighted by molar-refractivity contribution is 7.80. The van der Waals surface area contributed by atoms with Crippen LogP contribution in [0.5, 0.6) is 0 Å². The van der Waals surface area contributed by atoms with Gasteiger partial charge in [-0.15, -0.1) is 0 Å². The monoisotopic (exact) mass is 219 g/mol. The van der Waals surface area contributed by atoms with E-state index in [1.807, 2.05) is 27.7 Å². The first-order valence-corrected chi connectivity index (χ1v) is 5.36. The fourth-order valence-corrected chi connectivity index (χ4v) is 0.927. The van der Waals surface area contributed by atoms with Crippen LogP contribution in [0, 0.1) is 0 Å². The van der Waals surface area contributed by atoms with E-state index in [-0.39, 0.29) is 6.09 Å². The molecule has 0 fully saturated rings. The lowest BCUT2D eigenvalue weighted by molar-refractivity contribution is 0.0297. The van der Waals surface area contributed by atoms with Crippen molar-refractivity contribution in [1.29, 1.82) is 0 Å². The van der Waals surface area contributed by atoms with Crippen LogP contribution in [0.15, 0.2) is 0 Å². The number of carbonyl (C=O) groups is 1. The molecule has 3 nitrogen and oxygen atoms in total. The van der Waals surface area contributed by atoms with Gasteiger partial charge in [0.2, 0.25) is 0 Å². The van der Waals surface area contributed by atoms with Crippen molar-refractivity contribution in [2.75, 3.05) is 13.6 Å². The number of amides is 1. The molecule has 0 unspecified atom stereocenters. The quantitative estimate of drug-likeness (QED) is 0.739. The van der Waals surface area contributed by atoms with E-state index in [1.54, 1.807) is 11.9 Å². The van der Waals surface area contributed by atoms with Crippen LogP contribution in [0.25, 0.3) is 0 Å². The van der Waals surface area contributed by atoms with E-state index in [1.165, 1.54) is 0 Å². The third-order valence-electron chi connectivity index (χ3n) is 1.59. The molecular weight excluding hydrogens is 198 g/mol. The second kappa shape index (κ2) is 5.49. The minimum Gasteiger partial charge on any atom is -0.444 e. The van der Waals surface area contributed by atoms with Gasteiger partial charge in [0.15, 0.2) is 0 Å². The molecule has 14 heavy (non-hydrogen) atoms. The standard InChI is InChI=1S/C10H21NO2S/c1-8(14)6-7-11(5)9(12)13-10(2,3)4/h8,14H,6-7H2,1-5H3/t8-/m0/s1. The Morgan fingerprint density at radius 1 is 1.50 bits per heavy atom. The Bertz CT molecular complexity index is 187. The molecule has 0 aromatic rings. The van der Waals surface area contributed by atoms with Gasteiger partial charge in [0.05, 0.1) is 0 Å². The van der Waals surface area contributed by atoms with Crippen LogP contribution < -0.4 is 0 Å². The molecule has 0 N–H and O–H groups in total. The highest BCUT2D eigenvalue weighted by Gasteiger charge is 2.19. The molecule has 0 aliphatic rings. The Balaban J connectivity index is 3.88. The molecule has 0 aliphatic carbocycles. The van der Waals surface area contributed by atoms with Gasteiger partial charge >= 0.3 is 6.09 Å². The molecule has 0 radical (unpaired) electrons. The maximum Gasteiger partial charge on any atom is 0.410 e. The van der Waals surface area contributed by atoms with Crippen molar-refractivity contribution in [1.82, 2.24) is 4.90 Å². The second-order valence-corrected chi connectivity index (χ2v) is 5.42. The Labute approximate surface area is 92.2 Å². The topological polar surface area (TPSA) is 29.5 Å². The lowest BCUT2D eigenvalue weighted by atomic mass is 10.2. The first kappa shape index (κ1) is 13.6. The zero-order valence-corrected chi connectivity index (χ0v) is 10.6. The van der Waals surface area contributed by atoms with Gasteiger partial charge in [0, 0.05) is 18.8 Å². The number of nitrogens with zero attached hydrogens (tertiary/aromatic N) is 1. The van der Waals surface area contributed by atoms with E-state index < -0.39 is 5.60 Å². The van der Waals surface area contributed by atoms with Crippen molar-refractivity contribution in [3.8, 4) is 0 Å². The SMILES string of the molecule is C[C@H](S)CCN(C)C(=O)OC(C)(C)C. The molecule has 4 heteroatoms. The van der Waals surface area contributed by atoms with Gasteiger partial charge in [-0.05, 0) is 27.2 Å². The summed E-state index contributed by atoms with van der Waals surface area (Å²) in [6.07, 6.45) is 0.602. The zero-order chi connectivity index (χ0) is 11.4. The first-order valence-electron chi connectivity index (χ1n) is 4.84. The van der Waals surface area contributed by atoms with E-state index in [2.05, 4.69) is 12.6 Å². The van der Waals surface area contributed by atoms with Crippen molar-refractivity contribution in [2.24, 2.45) is 0 Å². The van der Waals surface area contributed by atoms with Crippen LogP contribution in [0.3, 0.4) is 0 Å². The smallest absolute Gasteiger partial charge is 0.410 e. The predicted octanol–water partition coefficient (Wildman–Crippen LogP) is 2.56. The second-order valence-electron chi connectivity index (χ2n) is 4.54. The lowest BCUT2D eigenvalue weighted by Gasteiger charge is -2.24. The Kier molecular flexibility index (Phi) is 5.34. The number of rotatable bonds is 3. The summed E-state index contributed by atoms with van der Waals surface area (Å²) in [4.78, 5) is 13.0. The van der Waals surface area contributed by atoms with E-state index in [9.17, 15) is 4.79 Å². The van der Waals surface area contributed by atoms with Crippen LogP contribution >= 0.6 is 12.6 Å². The molecule has 1 atom stereocenters. The summed E-state index contributed by atoms with van der Waals surface area (Å²) >= 11 is 4.25. The summed E-state index contributed by atoms with van der Waals surface area (Å²) < 4.78 is 5.19. The average Bonchev–Trinajstić information content (AvgIpc) is 1.96. The summed E-state index contributed by atoms with van der Waals surface area (Å²) in [6, 6.07) is 0. The molecule has 84 valence electrons. The molecule has 0 aliphatic heterocycles. The molecule has 0 saturated heterocycles.